The van der Waals surface area contributed by atoms with Crippen LogP contribution in [0.3, 0.4) is 0 Å². The number of likely N-dealkylation sites (N-methyl/N-ethyl adjacent to an activating group) is 1. The molecule has 1 heterocycles. The fourth-order valence-corrected chi connectivity index (χ4v) is 2.45. The van der Waals surface area contributed by atoms with Gasteiger partial charge in [0.25, 0.3) is 0 Å². The maximum absolute atomic E-state index is 12.3. The number of carbonyl (C=O) groups excluding carboxylic acids is 1. The zero-order chi connectivity index (χ0) is 19.2. The maximum Gasteiger partial charge on any atom is 0.246 e. The molecule has 0 atom stereocenters. The Morgan fingerprint density at radius 1 is 1.15 bits per heavy atom. The summed E-state index contributed by atoms with van der Waals surface area (Å²) in [6.45, 7) is 2.86. The Bertz CT molecular complexity index is 893. The number of halogens is 1. The van der Waals surface area contributed by atoms with Gasteiger partial charge in [-0.1, -0.05) is 41.4 Å². The molecule has 27 heavy (non-hydrogen) atoms. The van der Waals surface area contributed by atoms with E-state index in [1.165, 1.54) is 4.80 Å². The lowest BCUT2D eigenvalue weighted by Gasteiger charge is -2.17. The first kappa shape index (κ1) is 18.8. The molecule has 3 aromatic rings. The van der Waals surface area contributed by atoms with Gasteiger partial charge in [0.05, 0.1) is 6.54 Å². The summed E-state index contributed by atoms with van der Waals surface area (Å²) in [5, 5.41) is 12.9. The Hall–Kier alpha value is -2.93. The summed E-state index contributed by atoms with van der Waals surface area (Å²) < 4.78 is 5.60. The molecule has 140 valence electrons. The van der Waals surface area contributed by atoms with E-state index in [-0.39, 0.29) is 12.5 Å². The Labute approximate surface area is 162 Å². The minimum absolute atomic E-state index is 0.0241. The van der Waals surface area contributed by atoms with E-state index in [4.69, 9.17) is 16.3 Å². The summed E-state index contributed by atoms with van der Waals surface area (Å²) in [4.78, 5) is 15.2. The number of ether oxygens (including phenoxy) is 1. The topological polar surface area (TPSA) is 73.1 Å². The first-order chi connectivity index (χ1) is 13.0. The number of rotatable bonds is 7. The maximum atomic E-state index is 12.3. The monoisotopic (exact) mass is 385 g/mol. The van der Waals surface area contributed by atoms with Gasteiger partial charge in [-0.05, 0) is 36.4 Å². The molecule has 0 N–H and O–H groups in total. The number of tetrazole rings is 1. The number of nitrogens with zero attached hydrogens (tertiary/aromatic N) is 5. The van der Waals surface area contributed by atoms with Crippen LogP contribution in [0, 0.1) is 6.92 Å². The van der Waals surface area contributed by atoms with E-state index in [1.54, 1.807) is 36.2 Å². The largest absolute Gasteiger partial charge is 0.492 e. The van der Waals surface area contributed by atoms with E-state index in [0.29, 0.717) is 29.7 Å². The lowest BCUT2D eigenvalue weighted by molar-refractivity contribution is -0.131. The fourth-order valence-electron chi connectivity index (χ4n) is 2.33. The first-order valence-electron chi connectivity index (χ1n) is 8.48. The average molecular weight is 386 g/mol. The number of carbonyl (C=O) groups is 1. The van der Waals surface area contributed by atoms with E-state index in [0.717, 1.165) is 11.1 Å². The number of amides is 1. The van der Waals surface area contributed by atoms with Crippen LogP contribution in [0.4, 0.5) is 0 Å². The minimum Gasteiger partial charge on any atom is -0.492 e. The van der Waals surface area contributed by atoms with E-state index >= 15 is 0 Å². The van der Waals surface area contributed by atoms with Crippen LogP contribution in [0.5, 0.6) is 5.75 Å². The van der Waals surface area contributed by atoms with Crippen molar-refractivity contribution in [2.24, 2.45) is 0 Å². The zero-order valence-corrected chi connectivity index (χ0v) is 15.9. The SMILES string of the molecule is Cc1ccc(-c2nnn(CC(=O)N(C)CCOc3ccc(Cl)cc3)n2)cc1. The van der Waals surface area contributed by atoms with Crippen molar-refractivity contribution in [2.75, 3.05) is 20.2 Å². The van der Waals surface area contributed by atoms with Gasteiger partial charge in [0.2, 0.25) is 11.7 Å². The van der Waals surface area contributed by atoms with Crippen LogP contribution in [0.25, 0.3) is 11.4 Å². The number of benzene rings is 2. The zero-order valence-electron chi connectivity index (χ0n) is 15.2. The molecular formula is C19H20ClN5O2. The Kier molecular flexibility index (Phi) is 6.03. The molecule has 0 saturated carbocycles. The van der Waals surface area contributed by atoms with Gasteiger partial charge in [0.1, 0.15) is 18.9 Å². The molecule has 0 fully saturated rings. The van der Waals surface area contributed by atoms with Gasteiger partial charge in [0, 0.05) is 17.6 Å². The Balaban J connectivity index is 1.49. The second-order valence-electron chi connectivity index (χ2n) is 6.13. The van der Waals surface area contributed by atoms with Gasteiger partial charge >= 0.3 is 0 Å². The van der Waals surface area contributed by atoms with Crippen LogP contribution >= 0.6 is 11.6 Å². The standard InChI is InChI=1S/C19H20ClN5O2/c1-14-3-5-15(6-4-14)19-21-23-25(22-19)13-18(26)24(2)11-12-27-17-9-7-16(20)8-10-17/h3-10H,11-13H2,1-2H3. The molecule has 0 aliphatic rings. The predicted molar refractivity (Wildman–Crippen MR) is 103 cm³/mol. The van der Waals surface area contributed by atoms with Gasteiger partial charge < -0.3 is 9.64 Å². The van der Waals surface area contributed by atoms with Crippen molar-refractivity contribution in [3.63, 3.8) is 0 Å². The Morgan fingerprint density at radius 2 is 1.85 bits per heavy atom. The predicted octanol–water partition coefficient (Wildman–Crippen LogP) is 2.84. The second kappa shape index (κ2) is 8.64. The molecule has 3 rings (SSSR count). The molecule has 8 heteroatoms. The molecule has 0 unspecified atom stereocenters. The molecule has 1 amide bonds. The van der Waals surface area contributed by atoms with E-state index in [2.05, 4.69) is 15.4 Å². The molecule has 7 nitrogen and oxygen atoms in total. The third-order valence-corrected chi connectivity index (χ3v) is 4.23. The van der Waals surface area contributed by atoms with E-state index in [9.17, 15) is 4.79 Å². The molecule has 2 aromatic carbocycles. The number of aromatic nitrogens is 4. The van der Waals surface area contributed by atoms with Crippen LogP contribution in [-0.4, -0.2) is 51.2 Å². The molecule has 0 radical (unpaired) electrons. The number of hydrogen-bond donors (Lipinski definition) is 0. The number of aryl methyl sites for hydroxylation is 1. The highest BCUT2D eigenvalue weighted by molar-refractivity contribution is 6.30. The highest BCUT2D eigenvalue weighted by atomic mass is 35.5. The minimum atomic E-state index is -0.123. The van der Waals surface area contributed by atoms with Crippen molar-refractivity contribution in [3.05, 3.63) is 59.1 Å². The average Bonchev–Trinajstić information content (AvgIpc) is 3.12. The van der Waals surface area contributed by atoms with Gasteiger partial charge in [-0.3, -0.25) is 4.79 Å². The lowest BCUT2D eigenvalue weighted by Crippen LogP contribution is -2.34. The number of hydrogen-bond acceptors (Lipinski definition) is 5. The Morgan fingerprint density at radius 3 is 2.56 bits per heavy atom. The van der Waals surface area contributed by atoms with Crippen molar-refractivity contribution in [2.45, 2.75) is 13.5 Å². The van der Waals surface area contributed by atoms with Crippen molar-refractivity contribution in [1.82, 2.24) is 25.1 Å². The van der Waals surface area contributed by atoms with Crippen LogP contribution in [0.15, 0.2) is 48.5 Å². The summed E-state index contributed by atoms with van der Waals surface area (Å²) >= 11 is 5.83. The third kappa shape index (κ3) is 5.27. The summed E-state index contributed by atoms with van der Waals surface area (Å²) in [5.74, 6) is 1.08. The fraction of sp³-hybridized carbons (Fsp3) is 0.263. The van der Waals surface area contributed by atoms with Crippen LogP contribution in [0.1, 0.15) is 5.56 Å². The van der Waals surface area contributed by atoms with Crippen molar-refractivity contribution in [1.29, 1.82) is 0 Å². The van der Waals surface area contributed by atoms with Gasteiger partial charge in [-0.25, -0.2) is 0 Å². The lowest BCUT2D eigenvalue weighted by atomic mass is 10.1. The van der Waals surface area contributed by atoms with Crippen molar-refractivity contribution >= 4 is 17.5 Å². The summed E-state index contributed by atoms with van der Waals surface area (Å²) in [6.07, 6.45) is 0. The highest BCUT2D eigenvalue weighted by Gasteiger charge is 2.13. The molecule has 0 aliphatic carbocycles. The van der Waals surface area contributed by atoms with Crippen molar-refractivity contribution in [3.8, 4) is 17.1 Å². The summed E-state index contributed by atoms with van der Waals surface area (Å²) in [6, 6.07) is 14.9. The molecule has 0 saturated heterocycles. The normalized spacial score (nSPS) is 10.6. The third-order valence-electron chi connectivity index (χ3n) is 3.97. The first-order valence-corrected chi connectivity index (χ1v) is 8.86. The van der Waals surface area contributed by atoms with Crippen LogP contribution < -0.4 is 4.74 Å². The summed E-state index contributed by atoms with van der Waals surface area (Å²) in [5.41, 5.74) is 2.02. The summed E-state index contributed by atoms with van der Waals surface area (Å²) in [7, 11) is 1.71. The molecule has 1 aromatic heterocycles. The highest BCUT2D eigenvalue weighted by Crippen LogP contribution is 2.15. The van der Waals surface area contributed by atoms with Crippen LogP contribution in [0.2, 0.25) is 5.02 Å². The van der Waals surface area contributed by atoms with E-state index < -0.39 is 0 Å². The molecule has 0 bridgehead atoms. The second-order valence-corrected chi connectivity index (χ2v) is 6.56. The smallest absolute Gasteiger partial charge is 0.246 e. The molecule has 0 aliphatic heterocycles. The van der Waals surface area contributed by atoms with Gasteiger partial charge in [-0.2, -0.15) is 4.80 Å². The van der Waals surface area contributed by atoms with Gasteiger partial charge in [-0.15, -0.1) is 10.2 Å². The molecular weight excluding hydrogens is 366 g/mol. The quantitative estimate of drug-likeness (QED) is 0.625. The van der Waals surface area contributed by atoms with Crippen molar-refractivity contribution < 1.29 is 9.53 Å². The van der Waals surface area contributed by atoms with Crippen LogP contribution in [-0.2, 0) is 11.3 Å². The van der Waals surface area contributed by atoms with E-state index in [1.807, 2.05) is 31.2 Å². The van der Waals surface area contributed by atoms with Gasteiger partial charge in [0.15, 0.2) is 0 Å². The molecule has 0 spiro atoms.